The lowest BCUT2D eigenvalue weighted by molar-refractivity contribution is -0.248. The van der Waals surface area contributed by atoms with Crippen molar-refractivity contribution in [2.45, 2.75) is 30.6 Å². The van der Waals surface area contributed by atoms with E-state index >= 15 is 0 Å². The molecule has 98 valence electrons. The van der Waals surface area contributed by atoms with Crippen LogP contribution < -0.4 is 5.73 Å². The summed E-state index contributed by atoms with van der Waals surface area (Å²) in [6.07, 6.45) is -3.19. The van der Waals surface area contributed by atoms with Crippen LogP contribution in [0.3, 0.4) is 0 Å². The van der Waals surface area contributed by atoms with Gasteiger partial charge in [-0.2, -0.15) is 0 Å². The van der Waals surface area contributed by atoms with Gasteiger partial charge in [0.15, 0.2) is 6.29 Å². The molecule has 6 N–H and O–H groups in total. The van der Waals surface area contributed by atoms with Crippen LogP contribution in [-0.2, 0) is 4.74 Å². The highest BCUT2D eigenvalue weighted by Crippen LogP contribution is 2.17. The van der Waals surface area contributed by atoms with Gasteiger partial charge in [-0.25, -0.2) is 0 Å². The number of hydrogen-bond donors (Lipinski definition) is 5. The van der Waals surface area contributed by atoms with Crippen molar-refractivity contribution >= 4 is 11.5 Å². The molecule has 1 aliphatic rings. The fourth-order valence-electron chi connectivity index (χ4n) is 1.25. The molecule has 1 aromatic rings. The molecule has 17 heavy (non-hydrogen) atoms. The minimum Gasteiger partial charge on any atom is -0.394 e. The second kappa shape index (κ2) is 6.91. The Balaban J connectivity index is 0.000000239. The smallest absolute Gasteiger partial charge is 0.173 e. The van der Waals surface area contributed by atoms with Crippen molar-refractivity contribution in [1.82, 2.24) is 9.59 Å². The molecule has 1 aromatic heterocycles. The Morgan fingerprint density at radius 1 is 1.29 bits per heavy atom. The third-order valence-corrected chi connectivity index (χ3v) is 2.66. The van der Waals surface area contributed by atoms with Crippen LogP contribution in [-0.4, -0.2) is 67.3 Å². The van der Waals surface area contributed by atoms with E-state index in [9.17, 15) is 10.2 Å². The van der Waals surface area contributed by atoms with Crippen LogP contribution in [0.25, 0.3) is 0 Å². The van der Waals surface area contributed by atoms with Crippen molar-refractivity contribution in [2.24, 2.45) is 5.73 Å². The van der Waals surface area contributed by atoms with Gasteiger partial charge < -0.3 is 30.9 Å². The quantitative estimate of drug-likeness (QED) is 0.369. The van der Waals surface area contributed by atoms with Crippen LogP contribution in [0.2, 0.25) is 0 Å². The van der Waals surface area contributed by atoms with E-state index in [1.54, 1.807) is 6.20 Å². The van der Waals surface area contributed by atoms with Gasteiger partial charge in [-0.05, 0) is 11.5 Å². The maximum absolute atomic E-state index is 9.20. The number of nitrogens with zero attached hydrogens (tertiary/aromatic N) is 2. The first-order chi connectivity index (χ1) is 8.07. The first-order valence-electron chi connectivity index (χ1n) is 4.85. The zero-order valence-electron chi connectivity index (χ0n) is 8.83. The number of nitrogens with two attached hydrogens (primary N) is 1. The number of hydrogen-bond acceptors (Lipinski definition) is 9. The lowest BCUT2D eigenvalue weighted by atomic mass is 9.98. The molecule has 2 heterocycles. The molecule has 0 amide bonds. The van der Waals surface area contributed by atoms with E-state index in [-0.39, 0.29) is 0 Å². The van der Waals surface area contributed by atoms with Gasteiger partial charge in [0.1, 0.15) is 18.3 Å². The second-order valence-electron chi connectivity index (χ2n) is 3.39. The Labute approximate surface area is 101 Å². The van der Waals surface area contributed by atoms with Crippen molar-refractivity contribution in [2.75, 3.05) is 6.61 Å². The van der Waals surface area contributed by atoms with Gasteiger partial charge in [-0.1, -0.05) is 4.49 Å². The maximum Gasteiger partial charge on any atom is 0.173 e. The van der Waals surface area contributed by atoms with Gasteiger partial charge in [0.2, 0.25) is 0 Å². The number of aliphatic hydroxyl groups is 4. The van der Waals surface area contributed by atoms with Gasteiger partial charge in [0.05, 0.1) is 18.8 Å². The molecule has 0 spiro atoms. The number of rotatable bonds is 1. The van der Waals surface area contributed by atoms with E-state index in [1.165, 1.54) is 11.5 Å². The molecule has 9 heteroatoms. The summed E-state index contributed by atoms with van der Waals surface area (Å²) >= 11 is 1.35. The zero-order chi connectivity index (χ0) is 12.8. The Morgan fingerprint density at radius 2 is 2.00 bits per heavy atom. The molecule has 5 atom stereocenters. The van der Waals surface area contributed by atoms with Gasteiger partial charge in [0.25, 0.3) is 0 Å². The first-order valence-corrected chi connectivity index (χ1v) is 5.68. The lowest BCUT2D eigenvalue weighted by Crippen LogP contribution is -2.61. The summed E-state index contributed by atoms with van der Waals surface area (Å²) in [5, 5.41) is 41.4. The Bertz CT molecular complexity index is 279. The Hall–Kier alpha value is -0.680. The van der Waals surface area contributed by atoms with Gasteiger partial charge in [-0.15, -0.1) is 5.10 Å². The summed E-state index contributed by atoms with van der Waals surface area (Å²) in [7, 11) is 0. The van der Waals surface area contributed by atoms with E-state index in [4.69, 9.17) is 20.7 Å². The Morgan fingerprint density at radius 3 is 2.41 bits per heavy atom. The maximum atomic E-state index is 9.20. The van der Waals surface area contributed by atoms with Crippen molar-refractivity contribution in [3.63, 3.8) is 0 Å². The Kier molecular flexibility index (Phi) is 5.85. The SMILES string of the molecule is N[C@H]1C(O)O[C@H](CO)[C@@H](O)[C@@H]1O.c1csnn1. The molecule has 1 saturated heterocycles. The van der Waals surface area contributed by atoms with Crippen LogP contribution in [0.15, 0.2) is 11.6 Å². The summed E-state index contributed by atoms with van der Waals surface area (Å²) in [5.74, 6) is 0. The molecule has 1 unspecified atom stereocenters. The summed E-state index contributed by atoms with van der Waals surface area (Å²) < 4.78 is 8.21. The highest BCUT2D eigenvalue weighted by atomic mass is 32.1. The van der Waals surface area contributed by atoms with Gasteiger partial charge >= 0.3 is 0 Å². The van der Waals surface area contributed by atoms with E-state index in [2.05, 4.69) is 9.59 Å². The van der Waals surface area contributed by atoms with Crippen molar-refractivity contribution in [1.29, 1.82) is 0 Å². The van der Waals surface area contributed by atoms with Crippen molar-refractivity contribution < 1.29 is 25.2 Å². The molecule has 0 aliphatic carbocycles. The highest BCUT2D eigenvalue weighted by molar-refractivity contribution is 7.03. The summed E-state index contributed by atoms with van der Waals surface area (Å²) in [6.45, 7) is -0.470. The number of aliphatic hydroxyl groups excluding tert-OH is 4. The molecule has 2 rings (SSSR count). The standard InChI is InChI=1S/C6H13NO5.C2H2N2S/c7-3-5(10)4(9)2(1-8)12-6(3)11;1-2-5-4-3-1/h2-6,8-11H,1,7H2;1-2H/t2-,3-,4-,5-,6?;/m1./s1. The minimum atomic E-state index is -1.35. The molecule has 0 radical (unpaired) electrons. The molecule has 8 nitrogen and oxygen atoms in total. The van der Waals surface area contributed by atoms with E-state index in [1.807, 2.05) is 5.38 Å². The average Bonchev–Trinajstić information content (AvgIpc) is 2.90. The third kappa shape index (κ3) is 3.92. The summed E-state index contributed by atoms with van der Waals surface area (Å²) in [6, 6.07) is -1.04. The minimum absolute atomic E-state index is 0.470. The molecule has 0 bridgehead atoms. The lowest BCUT2D eigenvalue weighted by Gasteiger charge is -2.38. The van der Waals surface area contributed by atoms with Crippen LogP contribution in [0.1, 0.15) is 0 Å². The molecule has 1 fully saturated rings. The summed E-state index contributed by atoms with van der Waals surface area (Å²) in [4.78, 5) is 0. The normalized spacial score (nSPS) is 37.1. The average molecular weight is 265 g/mol. The molecule has 0 saturated carbocycles. The fraction of sp³-hybridized carbons (Fsp3) is 0.750. The molecular formula is C8H15N3O5S. The number of ether oxygens (including phenoxy) is 1. The molecular weight excluding hydrogens is 250 g/mol. The van der Waals surface area contributed by atoms with Crippen molar-refractivity contribution in [3.05, 3.63) is 11.6 Å². The third-order valence-electron chi connectivity index (χ3n) is 2.23. The fourth-order valence-corrected chi connectivity index (χ4v) is 1.53. The topological polar surface area (TPSA) is 142 Å². The predicted octanol–water partition coefficient (Wildman–Crippen LogP) is -2.72. The van der Waals surface area contributed by atoms with Gasteiger partial charge in [0, 0.05) is 5.38 Å². The van der Waals surface area contributed by atoms with E-state index < -0.39 is 37.3 Å². The molecule has 0 aromatic carbocycles. The van der Waals surface area contributed by atoms with Gasteiger partial charge in [-0.3, -0.25) is 0 Å². The first kappa shape index (κ1) is 14.4. The van der Waals surface area contributed by atoms with Crippen LogP contribution in [0, 0.1) is 0 Å². The van der Waals surface area contributed by atoms with Crippen molar-refractivity contribution in [3.8, 4) is 0 Å². The monoisotopic (exact) mass is 265 g/mol. The van der Waals surface area contributed by atoms with Crippen LogP contribution in [0.4, 0.5) is 0 Å². The van der Waals surface area contributed by atoms with E-state index in [0.29, 0.717) is 0 Å². The zero-order valence-corrected chi connectivity index (χ0v) is 9.64. The largest absolute Gasteiger partial charge is 0.394 e. The molecule has 1 aliphatic heterocycles. The number of aromatic nitrogens is 2. The second-order valence-corrected chi connectivity index (χ2v) is 4.04. The van der Waals surface area contributed by atoms with E-state index in [0.717, 1.165) is 0 Å². The van der Waals surface area contributed by atoms with Crippen LogP contribution >= 0.6 is 11.5 Å². The summed E-state index contributed by atoms with van der Waals surface area (Å²) in [5.41, 5.74) is 5.26. The highest BCUT2D eigenvalue weighted by Gasteiger charge is 2.41. The van der Waals surface area contributed by atoms with Crippen LogP contribution in [0.5, 0.6) is 0 Å². The predicted molar refractivity (Wildman–Crippen MR) is 57.9 cm³/mol.